The summed E-state index contributed by atoms with van der Waals surface area (Å²) in [6.07, 6.45) is 2.10. The topological polar surface area (TPSA) is 40.8 Å². The minimum Gasteiger partial charge on any atom is -0.346 e. The number of nitrogens with zero attached hydrogens (tertiary/aromatic N) is 2. The molecule has 0 aliphatic heterocycles. The number of aryl methyl sites for hydroxylation is 1. The first-order valence-corrected chi connectivity index (χ1v) is 6.47. The molecule has 19 heavy (non-hydrogen) atoms. The molecular formula is C16H19N3. The van der Waals surface area contributed by atoms with Crippen molar-refractivity contribution in [3.63, 3.8) is 0 Å². The third-order valence-corrected chi connectivity index (χ3v) is 3.55. The van der Waals surface area contributed by atoms with Crippen LogP contribution in [-0.2, 0) is 6.54 Å². The van der Waals surface area contributed by atoms with Crippen molar-refractivity contribution in [1.29, 1.82) is 5.26 Å². The number of hydrogen-bond donors (Lipinski definition) is 1. The van der Waals surface area contributed by atoms with E-state index in [9.17, 15) is 0 Å². The second-order valence-corrected chi connectivity index (χ2v) is 4.82. The van der Waals surface area contributed by atoms with Crippen LogP contribution in [0.4, 0.5) is 0 Å². The first-order valence-electron chi connectivity index (χ1n) is 6.47. The van der Waals surface area contributed by atoms with Crippen LogP contribution in [0.2, 0.25) is 0 Å². The molecule has 0 saturated carbocycles. The predicted octanol–water partition coefficient (Wildman–Crippen LogP) is 3.00. The molecule has 1 aromatic carbocycles. The smallest absolute Gasteiger partial charge is 0.0991 e. The first kappa shape index (κ1) is 13.4. The van der Waals surface area contributed by atoms with Crippen LogP contribution in [0.15, 0.2) is 36.5 Å². The molecule has 0 bridgehead atoms. The van der Waals surface area contributed by atoms with Crippen molar-refractivity contribution < 1.29 is 0 Å². The second-order valence-electron chi connectivity index (χ2n) is 4.82. The summed E-state index contributed by atoms with van der Waals surface area (Å²) in [7, 11) is 1.97. The summed E-state index contributed by atoms with van der Waals surface area (Å²) < 4.78 is 2.25. The standard InChI is InChI=1S/C16H19N3/c1-12-9-14(10-17)6-7-15(12)11-19-8-4-5-16(19)13(2)18-3/h4-9,13,18H,11H2,1-3H3. The maximum Gasteiger partial charge on any atom is 0.0991 e. The second kappa shape index (κ2) is 5.73. The molecule has 0 saturated heterocycles. The van der Waals surface area contributed by atoms with E-state index in [0.717, 1.165) is 17.7 Å². The average Bonchev–Trinajstić information content (AvgIpc) is 2.88. The molecule has 0 aliphatic rings. The van der Waals surface area contributed by atoms with Gasteiger partial charge < -0.3 is 9.88 Å². The van der Waals surface area contributed by atoms with E-state index in [1.165, 1.54) is 11.3 Å². The van der Waals surface area contributed by atoms with Gasteiger partial charge in [-0.25, -0.2) is 0 Å². The van der Waals surface area contributed by atoms with Gasteiger partial charge in [0.1, 0.15) is 0 Å². The fourth-order valence-corrected chi connectivity index (χ4v) is 2.24. The molecule has 0 amide bonds. The molecule has 98 valence electrons. The van der Waals surface area contributed by atoms with Crippen LogP contribution >= 0.6 is 0 Å². The highest BCUT2D eigenvalue weighted by molar-refractivity contribution is 5.37. The molecule has 0 spiro atoms. The Labute approximate surface area is 114 Å². The van der Waals surface area contributed by atoms with Crippen molar-refractivity contribution in [2.45, 2.75) is 26.4 Å². The van der Waals surface area contributed by atoms with Gasteiger partial charge in [-0.1, -0.05) is 6.07 Å². The van der Waals surface area contributed by atoms with Crippen molar-refractivity contribution in [2.24, 2.45) is 0 Å². The SMILES string of the molecule is CNC(C)c1cccn1Cc1ccc(C#N)cc1C. The molecule has 2 aromatic rings. The van der Waals surface area contributed by atoms with Gasteiger partial charge in [-0.15, -0.1) is 0 Å². The molecule has 1 atom stereocenters. The Balaban J connectivity index is 2.27. The highest BCUT2D eigenvalue weighted by Crippen LogP contribution is 2.17. The van der Waals surface area contributed by atoms with E-state index in [4.69, 9.17) is 5.26 Å². The molecule has 3 nitrogen and oxygen atoms in total. The number of rotatable bonds is 4. The normalized spacial score (nSPS) is 12.1. The Hall–Kier alpha value is -2.05. The monoisotopic (exact) mass is 253 g/mol. The van der Waals surface area contributed by atoms with Crippen LogP contribution < -0.4 is 5.32 Å². The van der Waals surface area contributed by atoms with Gasteiger partial charge in [-0.3, -0.25) is 0 Å². The number of nitrogens with one attached hydrogen (secondary N) is 1. The zero-order valence-electron chi connectivity index (χ0n) is 11.6. The maximum absolute atomic E-state index is 8.89. The van der Waals surface area contributed by atoms with Gasteiger partial charge >= 0.3 is 0 Å². The molecule has 0 aliphatic carbocycles. The average molecular weight is 253 g/mol. The molecule has 1 N–H and O–H groups in total. The van der Waals surface area contributed by atoms with Crippen LogP contribution in [0, 0.1) is 18.3 Å². The highest BCUT2D eigenvalue weighted by Gasteiger charge is 2.09. The van der Waals surface area contributed by atoms with Crippen LogP contribution in [0.5, 0.6) is 0 Å². The zero-order chi connectivity index (χ0) is 13.8. The predicted molar refractivity (Wildman–Crippen MR) is 76.9 cm³/mol. The summed E-state index contributed by atoms with van der Waals surface area (Å²) in [6, 6.07) is 12.6. The van der Waals surface area contributed by atoms with Gasteiger partial charge in [0.25, 0.3) is 0 Å². The molecule has 3 heteroatoms. The molecule has 0 fully saturated rings. The molecule has 2 rings (SSSR count). The van der Waals surface area contributed by atoms with E-state index in [1.807, 2.05) is 25.2 Å². The molecule has 0 radical (unpaired) electrons. The summed E-state index contributed by atoms with van der Waals surface area (Å²) in [4.78, 5) is 0. The molecule has 1 aromatic heterocycles. The summed E-state index contributed by atoms with van der Waals surface area (Å²) in [5.41, 5.74) is 4.40. The van der Waals surface area contributed by atoms with E-state index in [0.29, 0.717) is 6.04 Å². The maximum atomic E-state index is 8.89. The van der Waals surface area contributed by atoms with Crippen LogP contribution in [0.25, 0.3) is 0 Å². The van der Waals surface area contributed by atoms with Crippen molar-refractivity contribution in [3.8, 4) is 6.07 Å². The lowest BCUT2D eigenvalue weighted by Crippen LogP contribution is -2.17. The van der Waals surface area contributed by atoms with Crippen LogP contribution in [-0.4, -0.2) is 11.6 Å². The Bertz CT molecular complexity index is 605. The van der Waals surface area contributed by atoms with Gasteiger partial charge in [0, 0.05) is 24.5 Å². The quantitative estimate of drug-likeness (QED) is 0.910. The number of aromatic nitrogens is 1. The highest BCUT2D eigenvalue weighted by atomic mass is 15.0. The lowest BCUT2D eigenvalue weighted by atomic mass is 10.1. The largest absolute Gasteiger partial charge is 0.346 e. The van der Waals surface area contributed by atoms with Gasteiger partial charge in [0.15, 0.2) is 0 Å². The Morgan fingerprint density at radius 3 is 2.79 bits per heavy atom. The zero-order valence-corrected chi connectivity index (χ0v) is 11.6. The Morgan fingerprint density at radius 2 is 2.16 bits per heavy atom. The number of nitriles is 1. The summed E-state index contributed by atoms with van der Waals surface area (Å²) in [6.45, 7) is 5.05. The molecule has 1 unspecified atom stereocenters. The first-order chi connectivity index (χ1) is 9.15. The summed E-state index contributed by atoms with van der Waals surface area (Å²) >= 11 is 0. The lowest BCUT2D eigenvalue weighted by molar-refractivity contribution is 0.589. The van der Waals surface area contributed by atoms with E-state index >= 15 is 0 Å². The van der Waals surface area contributed by atoms with Gasteiger partial charge in [0.05, 0.1) is 11.6 Å². The number of benzene rings is 1. The Morgan fingerprint density at radius 1 is 1.37 bits per heavy atom. The third kappa shape index (κ3) is 2.86. The van der Waals surface area contributed by atoms with Crippen molar-refractivity contribution in [3.05, 3.63) is 58.9 Å². The van der Waals surface area contributed by atoms with E-state index in [2.05, 4.69) is 48.1 Å². The summed E-state index contributed by atoms with van der Waals surface area (Å²) in [5, 5.41) is 12.2. The fourth-order valence-electron chi connectivity index (χ4n) is 2.24. The van der Waals surface area contributed by atoms with E-state index in [1.54, 1.807) is 0 Å². The van der Waals surface area contributed by atoms with Crippen molar-refractivity contribution in [2.75, 3.05) is 7.05 Å². The lowest BCUT2D eigenvalue weighted by Gasteiger charge is -2.16. The van der Waals surface area contributed by atoms with Crippen molar-refractivity contribution >= 4 is 0 Å². The number of hydrogen-bond acceptors (Lipinski definition) is 2. The molecule has 1 heterocycles. The minimum atomic E-state index is 0.327. The minimum absolute atomic E-state index is 0.327. The van der Waals surface area contributed by atoms with E-state index in [-0.39, 0.29) is 0 Å². The van der Waals surface area contributed by atoms with Crippen molar-refractivity contribution in [1.82, 2.24) is 9.88 Å². The Kier molecular flexibility index (Phi) is 4.03. The van der Waals surface area contributed by atoms with Gasteiger partial charge in [-0.2, -0.15) is 5.26 Å². The molecular weight excluding hydrogens is 234 g/mol. The van der Waals surface area contributed by atoms with Crippen LogP contribution in [0.3, 0.4) is 0 Å². The van der Waals surface area contributed by atoms with E-state index < -0.39 is 0 Å². The third-order valence-electron chi connectivity index (χ3n) is 3.55. The summed E-state index contributed by atoms with van der Waals surface area (Å²) in [5.74, 6) is 0. The van der Waals surface area contributed by atoms with Gasteiger partial charge in [-0.05, 0) is 56.3 Å². The van der Waals surface area contributed by atoms with Crippen LogP contribution in [0.1, 0.15) is 35.3 Å². The fraction of sp³-hybridized carbons (Fsp3) is 0.312. The van der Waals surface area contributed by atoms with Gasteiger partial charge in [0.2, 0.25) is 0 Å².